The summed E-state index contributed by atoms with van der Waals surface area (Å²) >= 11 is 5.60. The van der Waals surface area contributed by atoms with Crippen molar-refractivity contribution < 1.29 is 14.5 Å². The standard InChI is InChI=1S/C9H7ClN4O4/c10-7-3-5(6(4-12-7)14(17)18)8(15)13-2-1-11-9(13)16/h3-4H,1-2H2,(H,11,16). The van der Waals surface area contributed by atoms with Gasteiger partial charge in [-0.25, -0.2) is 9.78 Å². The van der Waals surface area contributed by atoms with E-state index in [0.717, 1.165) is 17.2 Å². The number of nitrogens with one attached hydrogen (secondary N) is 1. The fraction of sp³-hybridized carbons (Fsp3) is 0.222. The Kier molecular flexibility index (Phi) is 3.11. The summed E-state index contributed by atoms with van der Waals surface area (Å²) in [6, 6.07) is 0.496. The SMILES string of the molecule is O=C1NCCN1C(=O)c1cc(Cl)ncc1[N+](=O)[O-]. The first-order chi connectivity index (χ1) is 8.50. The number of halogens is 1. The number of hydrogen-bond acceptors (Lipinski definition) is 5. The summed E-state index contributed by atoms with van der Waals surface area (Å²) < 4.78 is 0. The second-order valence-electron chi connectivity index (χ2n) is 3.47. The number of urea groups is 1. The summed E-state index contributed by atoms with van der Waals surface area (Å²) in [6.07, 6.45) is 0.892. The highest BCUT2D eigenvalue weighted by Crippen LogP contribution is 2.22. The molecular weight excluding hydrogens is 264 g/mol. The fourth-order valence-corrected chi connectivity index (χ4v) is 1.71. The monoisotopic (exact) mass is 270 g/mol. The van der Waals surface area contributed by atoms with Crippen molar-refractivity contribution in [3.05, 3.63) is 33.1 Å². The van der Waals surface area contributed by atoms with Crippen LogP contribution >= 0.6 is 11.6 Å². The molecule has 1 aromatic heterocycles. The van der Waals surface area contributed by atoms with Crippen LogP contribution in [0.4, 0.5) is 10.5 Å². The minimum atomic E-state index is -0.763. The fourth-order valence-electron chi connectivity index (χ4n) is 1.55. The van der Waals surface area contributed by atoms with Gasteiger partial charge in [-0.05, 0) is 6.07 Å². The van der Waals surface area contributed by atoms with Crippen LogP contribution in [-0.4, -0.2) is 39.8 Å². The minimum Gasteiger partial charge on any atom is -0.336 e. The molecule has 94 valence electrons. The van der Waals surface area contributed by atoms with Gasteiger partial charge in [-0.3, -0.25) is 19.8 Å². The van der Waals surface area contributed by atoms with Gasteiger partial charge in [-0.15, -0.1) is 0 Å². The molecule has 0 saturated carbocycles. The quantitative estimate of drug-likeness (QED) is 0.486. The van der Waals surface area contributed by atoms with Crippen molar-refractivity contribution in [2.75, 3.05) is 13.1 Å². The van der Waals surface area contributed by atoms with Gasteiger partial charge < -0.3 is 5.32 Å². The first kappa shape index (κ1) is 12.2. The van der Waals surface area contributed by atoms with Crippen LogP contribution in [-0.2, 0) is 0 Å². The van der Waals surface area contributed by atoms with Crippen molar-refractivity contribution in [1.29, 1.82) is 0 Å². The van der Waals surface area contributed by atoms with E-state index in [0.29, 0.717) is 6.54 Å². The first-order valence-electron chi connectivity index (χ1n) is 4.90. The number of nitrogens with zero attached hydrogens (tertiary/aromatic N) is 3. The molecule has 3 amide bonds. The second kappa shape index (κ2) is 4.57. The van der Waals surface area contributed by atoms with E-state index in [9.17, 15) is 19.7 Å². The van der Waals surface area contributed by atoms with Crippen LogP contribution in [0.2, 0.25) is 5.15 Å². The van der Waals surface area contributed by atoms with Crippen molar-refractivity contribution in [3.8, 4) is 0 Å². The van der Waals surface area contributed by atoms with E-state index in [4.69, 9.17) is 11.6 Å². The molecule has 0 spiro atoms. The first-order valence-corrected chi connectivity index (χ1v) is 5.28. The maximum atomic E-state index is 12.0. The molecule has 2 heterocycles. The van der Waals surface area contributed by atoms with E-state index in [1.807, 2.05) is 0 Å². The lowest BCUT2D eigenvalue weighted by Gasteiger charge is -2.11. The van der Waals surface area contributed by atoms with Gasteiger partial charge in [0.15, 0.2) is 0 Å². The third-order valence-electron chi connectivity index (χ3n) is 2.38. The van der Waals surface area contributed by atoms with Gasteiger partial charge in [0.1, 0.15) is 16.9 Å². The number of imide groups is 1. The molecule has 1 fully saturated rings. The van der Waals surface area contributed by atoms with Crippen molar-refractivity contribution in [2.24, 2.45) is 0 Å². The topological polar surface area (TPSA) is 105 Å². The molecule has 1 aliphatic rings. The molecule has 0 aromatic carbocycles. The van der Waals surface area contributed by atoms with E-state index in [-0.39, 0.29) is 17.3 Å². The molecule has 0 bridgehead atoms. The Balaban J connectivity index is 2.43. The zero-order chi connectivity index (χ0) is 13.3. The Morgan fingerprint density at radius 1 is 1.61 bits per heavy atom. The van der Waals surface area contributed by atoms with Crippen LogP contribution in [0, 0.1) is 10.1 Å². The van der Waals surface area contributed by atoms with Gasteiger partial charge in [0.25, 0.3) is 11.6 Å². The third-order valence-corrected chi connectivity index (χ3v) is 2.59. The minimum absolute atomic E-state index is 0.0523. The van der Waals surface area contributed by atoms with E-state index < -0.39 is 22.5 Å². The Hall–Kier alpha value is -2.22. The van der Waals surface area contributed by atoms with Crippen LogP contribution in [0.3, 0.4) is 0 Å². The van der Waals surface area contributed by atoms with Crippen molar-refractivity contribution in [1.82, 2.24) is 15.2 Å². The van der Waals surface area contributed by atoms with E-state index >= 15 is 0 Å². The van der Waals surface area contributed by atoms with Gasteiger partial charge >= 0.3 is 6.03 Å². The second-order valence-corrected chi connectivity index (χ2v) is 3.86. The highest BCUT2D eigenvalue weighted by Gasteiger charge is 2.32. The van der Waals surface area contributed by atoms with Crippen LogP contribution in [0.1, 0.15) is 10.4 Å². The molecule has 8 nitrogen and oxygen atoms in total. The molecule has 1 aliphatic heterocycles. The molecular formula is C9H7ClN4O4. The molecule has 1 aromatic rings. The van der Waals surface area contributed by atoms with Crippen molar-refractivity contribution >= 4 is 29.2 Å². The van der Waals surface area contributed by atoms with Gasteiger partial charge in [0, 0.05) is 13.1 Å². The number of aromatic nitrogens is 1. The van der Waals surface area contributed by atoms with Gasteiger partial charge in [-0.1, -0.05) is 11.6 Å². The maximum absolute atomic E-state index is 12.0. The number of nitro groups is 1. The largest absolute Gasteiger partial charge is 0.336 e. The van der Waals surface area contributed by atoms with Gasteiger partial charge in [-0.2, -0.15) is 0 Å². The Bertz CT molecular complexity index is 547. The number of hydrogen-bond donors (Lipinski definition) is 1. The van der Waals surface area contributed by atoms with Crippen LogP contribution in [0.25, 0.3) is 0 Å². The molecule has 18 heavy (non-hydrogen) atoms. The number of rotatable bonds is 2. The molecule has 1 saturated heterocycles. The van der Waals surface area contributed by atoms with Crippen molar-refractivity contribution in [2.45, 2.75) is 0 Å². The molecule has 9 heteroatoms. The summed E-state index contributed by atoms with van der Waals surface area (Å²) in [6.45, 7) is 0.478. The van der Waals surface area contributed by atoms with Crippen molar-refractivity contribution in [3.63, 3.8) is 0 Å². The van der Waals surface area contributed by atoms with E-state index in [1.54, 1.807) is 0 Å². The lowest BCUT2D eigenvalue weighted by molar-refractivity contribution is -0.385. The number of carbonyl (C=O) groups is 2. The molecule has 0 atom stereocenters. The smallest absolute Gasteiger partial charge is 0.324 e. The van der Waals surface area contributed by atoms with Crippen LogP contribution < -0.4 is 5.32 Å². The molecule has 0 aliphatic carbocycles. The summed E-state index contributed by atoms with van der Waals surface area (Å²) in [5, 5.41) is 13.2. The highest BCUT2D eigenvalue weighted by atomic mass is 35.5. The van der Waals surface area contributed by atoms with E-state index in [2.05, 4.69) is 10.3 Å². The number of amides is 3. The normalized spacial score (nSPS) is 14.5. The summed E-state index contributed by atoms with van der Waals surface area (Å²) in [5.41, 5.74) is -0.735. The van der Waals surface area contributed by atoms with Gasteiger partial charge in [0.05, 0.1) is 4.92 Å². The van der Waals surface area contributed by atoms with Gasteiger partial charge in [0.2, 0.25) is 0 Å². The lowest BCUT2D eigenvalue weighted by Crippen LogP contribution is -2.34. The predicted molar refractivity (Wildman–Crippen MR) is 60.3 cm³/mol. The average Bonchev–Trinajstić information content (AvgIpc) is 2.74. The van der Waals surface area contributed by atoms with Crippen LogP contribution in [0.15, 0.2) is 12.3 Å². The Morgan fingerprint density at radius 3 is 2.89 bits per heavy atom. The van der Waals surface area contributed by atoms with Crippen LogP contribution in [0.5, 0.6) is 0 Å². The lowest BCUT2D eigenvalue weighted by atomic mass is 10.2. The summed E-state index contributed by atoms with van der Waals surface area (Å²) in [7, 11) is 0. The highest BCUT2D eigenvalue weighted by molar-refractivity contribution is 6.30. The zero-order valence-corrected chi connectivity index (χ0v) is 9.68. The molecule has 0 unspecified atom stereocenters. The number of carbonyl (C=O) groups excluding carboxylic acids is 2. The molecule has 0 radical (unpaired) electrons. The molecule has 2 rings (SSSR count). The summed E-state index contributed by atoms with van der Waals surface area (Å²) in [5.74, 6) is -0.763. The average molecular weight is 271 g/mol. The maximum Gasteiger partial charge on any atom is 0.324 e. The Morgan fingerprint density at radius 2 is 2.33 bits per heavy atom. The third kappa shape index (κ3) is 2.09. The zero-order valence-electron chi connectivity index (χ0n) is 8.92. The summed E-state index contributed by atoms with van der Waals surface area (Å²) in [4.78, 5) is 37.8. The van der Waals surface area contributed by atoms with E-state index in [1.165, 1.54) is 0 Å². The molecule has 1 N–H and O–H groups in total. The predicted octanol–water partition coefficient (Wildman–Crippen LogP) is 0.809. The number of pyridine rings is 1. The Labute approximate surface area is 106 Å².